The summed E-state index contributed by atoms with van der Waals surface area (Å²) in [7, 11) is 0. The van der Waals surface area contributed by atoms with E-state index in [1.807, 2.05) is 6.92 Å². The third-order valence-electron chi connectivity index (χ3n) is 3.76. The van der Waals surface area contributed by atoms with E-state index in [1.165, 1.54) is 0 Å². The first kappa shape index (κ1) is 21.4. The van der Waals surface area contributed by atoms with E-state index in [2.05, 4.69) is 25.5 Å². The molecule has 0 radical (unpaired) electrons. The summed E-state index contributed by atoms with van der Waals surface area (Å²) >= 11 is 0. The highest BCUT2D eigenvalue weighted by atomic mass is 16.6. The number of esters is 2. The van der Waals surface area contributed by atoms with Gasteiger partial charge in [-0.3, -0.25) is 4.98 Å². The Balaban J connectivity index is 2.31. The molecule has 0 atom stereocenters. The van der Waals surface area contributed by atoms with Gasteiger partial charge in [0, 0.05) is 12.2 Å². The van der Waals surface area contributed by atoms with Gasteiger partial charge in [-0.05, 0) is 39.7 Å². The normalized spacial score (nSPS) is 11.5. The second-order valence-corrected chi connectivity index (χ2v) is 7.14. The first-order valence-electron chi connectivity index (χ1n) is 9.14. The van der Waals surface area contributed by atoms with E-state index in [0.29, 0.717) is 29.1 Å². The molecular formula is C18H27N5O5. The van der Waals surface area contributed by atoms with Crippen molar-refractivity contribution < 1.29 is 19.1 Å². The Morgan fingerprint density at radius 1 is 1.11 bits per heavy atom. The maximum Gasteiger partial charge on any atom is 0.355 e. The predicted molar refractivity (Wildman–Crippen MR) is 101 cm³/mol. The van der Waals surface area contributed by atoms with E-state index >= 15 is 0 Å². The van der Waals surface area contributed by atoms with Crippen molar-refractivity contribution >= 4 is 11.9 Å². The zero-order valence-electron chi connectivity index (χ0n) is 16.8. The van der Waals surface area contributed by atoms with Crippen molar-refractivity contribution in [3.8, 4) is 0 Å². The Morgan fingerprint density at radius 3 is 2.36 bits per heavy atom. The maximum absolute atomic E-state index is 12.6. The topological polar surface area (TPSA) is 142 Å². The third-order valence-corrected chi connectivity index (χ3v) is 3.76. The molecule has 2 rings (SSSR count). The number of aromatic nitrogens is 4. The highest BCUT2D eigenvalue weighted by Crippen LogP contribution is 2.24. The van der Waals surface area contributed by atoms with E-state index in [9.17, 15) is 14.4 Å². The first-order chi connectivity index (χ1) is 13.2. The van der Waals surface area contributed by atoms with Crippen molar-refractivity contribution in [2.24, 2.45) is 0 Å². The molecule has 0 saturated heterocycles. The second-order valence-electron chi connectivity index (χ2n) is 7.14. The molecule has 0 spiro atoms. The standard InChI is InChI=1S/C18H27N5O5/c1-6-10-13(15(24)27-7-2)11(8-19-9-12-21-17(26)23-22-12)20-14(10)16(25)28-18(3,4)5/h19-20H,6-9H2,1-5H3,(H2,21,22,23,26). The SMILES string of the molecule is CCOC(=O)c1c(CNCc2n[nH]c(=O)[nH]2)[nH]c(C(=O)OC(C)(C)C)c1CC. The van der Waals surface area contributed by atoms with Gasteiger partial charge in [0.15, 0.2) is 0 Å². The number of nitrogens with zero attached hydrogens (tertiary/aromatic N) is 1. The van der Waals surface area contributed by atoms with Gasteiger partial charge in [0.2, 0.25) is 0 Å². The lowest BCUT2D eigenvalue weighted by atomic mass is 10.1. The zero-order chi connectivity index (χ0) is 20.9. The molecule has 0 aromatic carbocycles. The van der Waals surface area contributed by atoms with Gasteiger partial charge in [0.05, 0.1) is 18.7 Å². The van der Waals surface area contributed by atoms with Gasteiger partial charge in [-0.1, -0.05) is 6.92 Å². The average molecular weight is 393 g/mol. The summed E-state index contributed by atoms with van der Waals surface area (Å²) in [6.07, 6.45) is 0.450. The molecule has 4 N–H and O–H groups in total. The number of hydrogen-bond acceptors (Lipinski definition) is 7. The van der Waals surface area contributed by atoms with Crippen LogP contribution in [0.15, 0.2) is 4.79 Å². The maximum atomic E-state index is 12.6. The van der Waals surface area contributed by atoms with Crippen LogP contribution >= 0.6 is 0 Å². The summed E-state index contributed by atoms with van der Waals surface area (Å²) < 4.78 is 10.6. The van der Waals surface area contributed by atoms with Gasteiger partial charge < -0.3 is 19.8 Å². The third kappa shape index (κ3) is 5.32. The molecule has 0 aliphatic carbocycles. The second kappa shape index (κ2) is 8.87. The van der Waals surface area contributed by atoms with E-state index in [0.717, 1.165) is 0 Å². The Kier molecular flexibility index (Phi) is 6.79. The van der Waals surface area contributed by atoms with Crippen molar-refractivity contribution in [1.29, 1.82) is 0 Å². The average Bonchev–Trinajstić information content (AvgIpc) is 3.17. The van der Waals surface area contributed by atoms with Crippen molar-refractivity contribution in [1.82, 2.24) is 25.5 Å². The molecule has 0 fully saturated rings. The monoisotopic (exact) mass is 393 g/mol. The fraction of sp³-hybridized carbons (Fsp3) is 0.556. The summed E-state index contributed by atoms with van der Waals surface area (Å²) in [4.78, 5) is 41.8. The van der Waals surface area contributed by atoms with E-state index in [4.69, 9.17) is 9.47 Å². The number of carbonyl (C=O) groups is 2. The van der Waals surface area contributed by atoms with Crippen LogP contribution in [0, 0.1) is 0 Å². The Labute approximate surface area is 162 Å². The van der Waals surface area contributed by atoms with Gasteiger partial charge in [0.25, 0.3) is 0 Å². The van der Waals surface area contributed by atoms with Crippen LogP contribution in [0.1, 0.15) is 72.5 Å². The van der Waals surface area contributed by atoms with E-state index in [-0.39, 0.29) is 25.4 Å². The molecular weight excluding hydrogens is 366 g/mol. The minimum Gasteiger partial charge on any atom is -0.462 e. The van der Waals surface area contributed by atoms with Crippen LogP contribution < -0.4 is 11.0 Å². The summed E-state index contributed by atoms with van der Waals surface area (Å²) in [5.41, 5.74) is 0.566. The van der Waals surface area contributed by atoms with E-state index in [1.54, 1.807) is 27.7 Å². The largest absolute Gasteiger partial charge is 0.462 e. The minimum absolute atomic E-state index is 0.219. The molecule has 2 aromatic rings. The molecule has 2 heterocycles. The molecule has 0 bridgehead atoms. The number of H-pyrrole nitrogens is 3. The fourth-order valence-electron chi connectivity index (χ4n) is 2.73. The van der Waals surface area contributed by atoms with Crippen LogP contribution in [-0.2, 0) is 29.0 Å². The predicted octanol–water partition coefficient (Wildman–Crippen LogP) is 1.41. The van der Waals surface area contributed by atoms with Crippen LogP contribution in [0.5, 0.6) is 0 Å². The van der Waals surface area contributed by atoms with Gasteiger partial charge in [0.1, 0.15) is 17.1 Å². The summed E-state index contributed by atoms with van der Waals surface area (Å²) in [5.74, 6) is -0.606. The van der Waals surface area contributed by atoms with Crippen LogP contribution in [0.4, 0.5) is 0 Å². The number of rotatable bonds is 8. The van der Waals surface area contributed by atoms with Crippen molar-refractivity contribution in [3.63, 3.8) is 0 Å². The summed E-state index contributed by atoms with van der Waals surface area (Å²) in [6.45, 7) is 9.62. The number of hydrogen-bond donors (Lipinski definition) is 4. The lowest BCUT2D eigenvalue weighted by Crippen LogP contribution is -2.24. The molecule has 154 valence electrons. The molecule has 0 aliphatic rings. The zero-order valence-corrected chi connectivity index (χ0v) is 16.8. The van der Waals surface area contributed by atoms with Crippen LogP contribution in [0.2, 0.25) is 0 Å². The molecule has 28 heavy (non-hydrogen) atoms. The lowest BCUT2D eigenvalue weighted by molar-refractivity contribution is 0.00621. The van der Waals surface area contributed by atoms with Gasteiger partial charge in [-0.25, -0.2) is 19.5 Å². The van der Waals surface area contributed by atoms with Gasteiger partial charge in [-0.2, -0.15) is 5.10 Å². The highest BCUT2D eigenvalue weighted by Gasteiger charge is 2.29. The molecule has 10 nitrogen and oxygen atoms in total. The molecule has 2 aromatic heterocycles. The molecule has 0 aliphatic heterocycles. The van der Waals surface area contributed by atoms with Crippen LogP contribution in [0.3, 0.4) is 0 Å². The number of aromatic amines is 3. The highest BCUT2D eigenvalue weighted by molar-refractivity contribution is 5.98. The molecule has 10 heteroatoms. The van der Waals surface area contributed by atoms with Crippen LogP contribution in [-0.4, -0.2) is 44.3 Å². The fourth-order valence-corrected chi connectivity index (χ4v) is 2.73. The Morgan fingerprint density at radius 2 is 1.82 bits per heavy atom. The summed E-state index contributed by atoms with van der Waals surface area (Å²) in [6, 6.07) is 0. The Bertz CT molecular complexity index is 887. The molecule has 0 unspecified atom stereocenters. The first-order valence-corrected chi connectivity index (χ1v) is 9.14. The minimum atomic E-state index is -0.665. The van der Waals surface area contributed by atoms with Crippen LogP contribution in [0.25, 0.3) is 0 Å². The number of ether oxygens (including phenoxy) is 2. The molecule has 0 saturated carbocycles. The Hall–Kier alpha value is -2.88. The smallest absolute Gasteiger partial charge is 0.355 e. The quantitative estimate of drug-likeness (QED) is 0.497. The van der Waals surface area contributed by atoms with Crippen molar-refractivity contribution in [2.45, 2.75) is 59.7 Å². The number of nitrogens with one attached hydrogen (secondary N) is 4. The van der Waals surface area contributed by atoms with Gasteiger partial charge >= 0.3 is 17.6 Å². The summed E-state index contributed by atoms with van der Waals surface area (Å²) in [5, 5.41) is 9.17. The molecule has 0 amide bonds. The van der Waals surface area contributed by atoms with Crippen molar-refractivity contribution in [2.75, 3.05) is 6.61 Å². The van der Waals surface area contributed by atoms with E-state index < -0.39 is 23.2 Å². The van der Waals surface area contributed by atoms with Crippen molar-refractivity contribution in [3.05, 3.63) is 38.8 Å². The number of carbonyl (C=O) groups excluding carboxylic acids is 2. The lowest BCUT2D eigenvalue weighted by Gasteiger charge is -2.19. The van der Waals surface area contributed by atoms with Gasteiger partial charge in [-0.15, -0.1) is 0 Å².